The average molecular weight is 286 g/mol. The first-order chi connectivity index (χ1) is 10.3. The molecule has 0 spiro atoms. The van der Waals surface area contributed by atoms with Crippen molar-refractivity contribution in [3.63, 3.8) is 0 Å². The van der Waals surface area contributed by atoms with Gasteiger partial charge in [-0.3, -0.25) is 5.32 Å². The monoisotopic (exact) mass is 286 g/mol. The average Bonchev–Trinajstić information content (AvgIpc) is 3.19. The molecule has 21 heavy (non-hydrogen) atoms. The van der Waals surface area contributed by atoms with E-state index in [-0.39, 0.29) is 0 Å². The van der Waals surface area contributed by atoms with Crippen LogP contribution in [-0.4, -0.2) is 32.5 Å². The first-order valence-corrected chi connectivity index (χ1v) is 7.72. The summed E-state index contributed by atoms with van der Waals surface area (Å²) in [6, 6.07) is 12.8. The zero-order valence-electron chi connectivity index (χ0n) is 12.3. The molecule has 0 aromatic heterocycles. The van der Waals surface area contributed by atoms with Crippen LogP contribution in [0.15, 0.2) is 30.3 Å². The highest BCUT2D eigenvalue weighted by molar-refractivity contribution is 5.32. The third-order valence-electron chi connectivity index (χ3n) is 4.18. The maximum Gasteiger partial charge on any atom is 0.156 e. The van der Waals surface area contributed by atoms with Crippen LogP contribution in [-0.2, 0) is 15.0 Å². The standard InChI is InChI=1S/C17H22N2O2/c18-12-17(19-16-6-7-16,15-4-2-1-3-5-15)13-21-11-14-8-9-20-10-14/h1-5,14,16,19H,6-11,13H2. The minimum atomic E-state index is -0.734. The van der Waals surface area contributed by atoms with Crippen molar-refractivity contribution in [2.45, 2.75) is 30.8 Å². The molecule has 0 amide bonds. The molecule has 1 aliphatic carbocycles. The van der Waals surface area contributed by atoms with Crippen molar-refractivity contribution in [2.24, 2.45) is 5.92 Å². The van der Waals surface area contributed by atoms with Crippen molar-refractivity contribution in [3.8, 4) is 6.07 Å². The SMILES string of the molecule is N#CC(COCC1CCOC1)(NC1CC1)c1ccccc1. The van der Waals surface area contributed by atoms with Gasteiger partial charge in [-0.25, -0.2) is 0 Å². The minimum Gasteiger partial charge on any atom is -0.381 e. The number of rotatable bonds is 7. The lowest BCUT2D eigenvalue weighted by Gasteiger charge is -2.29. The smallest absolute Gasteiger partial charge is 0.156 e. The molecule has 1 N–H and O–H groups in total. The molecule has 112 valence electrons. The molecule has 1 aliphatic heterocycles. The number of hydrogen-bond donors (Lipinski definition) is 1. The van der Waals surface area contributed by atoms with Crippen LogP contribution in [0, 0.1) is 17.2 Å². The molecular formula is C17H22N2O2. The zero-order chi connectivity index (χ0) is 14.5. The molecule has 1 saturated carbocycles. The van der Waals surface area contributed by atoms with E-state index in [2.05, 4.69) is 11.4 Å². The van der Waals surface area contributed by atoms with E-state index >= 15 is 0 Å². The fraction of sp³-hybridized carbons (Fsp3) is 0.588. The molecule has 3 rings (SSSR count). The van der Waals surface area contributed by atoms with Gasteiger partial charge in [0.2, 0.25) is 0 Å². The molecule has 0 radical (unpaired) electrons. The van der Waals surface area contributed by atoms with Crippen LogP contribution in [0.4, 0.5) is 0 Å². The van der Waals surface area contributed by atoms with Crippen LogP contribution in [0.5, 0.6) is 0 Å². The van der Waals surface area contributed by atoms with Crippen LogP contribution < -0.4 is 5.32 Å². The van der Waals surface area contributed by atoms with Crippen molar-refractivity contribution in [1.82, 2.24) is 5.32 Å². The Kier molecular flexibility index (Phi) is 4.54. The number of benzene rings is 1. The number of hydrogen-bond acceptors (Lipinski definition) is 4. The molecule has 1 saturated heterocycles. The first kappa shape index (κ1) is 14.5. The Morgan fingerprint density at radius 2 is 2.10 bits per heavy atom. The van der Waals surface area contributed by atoms with Crippen LogP contribution in [0.25, 0.3) is 0 Å². The maximum atomic E-state index is 9.78. The lowest BCUT2D eigenvalue weighted by Crippen LogP contribution is -2.46. The summed E-state index contributed by atoms with van der Waals surface area (Å²) < 4.78 is 11.3. The summed E-state index contributed by atoms with van der Waals surface area (Å²) >= 11 is 0. The lowest BCUT2D eigenvalue weighted by atomic mass is 9.92. The fourth-order valence-corrected chi connectivity index (χ4v) is 2.73. The van der Waals surface area contributed by atoms with Crippen molar-refractivity contribution in [3.05, 3.63) is 35.9 Å². The minimum absolute atomic E-state index is 0.389. The van der Waals surface area contributed by atoms with Gasteiger partial charge in [0.15, 0.2) is 5.54 Å². The summed E-state index contributed by atoms with van der Waals surface area (Å²) in [6.45, 7) is 2.67. The molecule has 4 heteroatoms. The molecule has 4 nitrogen and oxygen atoms in total. The van der Waals surface area contributed by atoms with E-state index in [0.29, 0.717) is 25.2 Å². The van der Waals surface area contributed by atoms with Crippen LogP contribution in [0.2, 0.25) is 0 Å². The molecule has 0 bridgehead atoms. The van der Waals surface area contributed by atoms with E-state index < -0.39 is 5.54 Å². The fourth-order valence-electron chi connectivity index (χ4n) is 2.73. The molecule has 2 aliphatic rings. The molecule has 1 aromatic carbocycles. The van der Waals surface area contributed by atoms with Gasteiger partial charge in [-0.2, -0.15) is 5.26 Å². The molecule has 1 heterocycles. The molecule has 2 atom stereocenters. The third-order valence-corrected chi connectivity index (χ3v) is 4.18. The van der Waals surface area contributed by atoms with Crippen LogP contribution in [0.1, 0.15) is 24.8 Å². The second-order valence-electron chi connectivity index (χ2n) is 6.05. The predicted molar refractivity (Wildman–Crippen MR) is 79.6 cm³/mol. The van der Waals surface area contributed by atoms with Gasteiger partial charge >= 0.3 is 0 Å². The second kappa shape index (κ2) is 6.57. The largest absolute Gasteiger partial charge is 0.381 e. The zero-order valence-corrected chi connectivity index (χ0v) is 12.3. The highest BCUT2D eigenvalue weighted by Gasteiger charge is 2.38. The quantitative estimate of drug-likeness (QED) is 0.835. The van der Waals surface area contributed by atoms with Gasteiger partial charge in [0, 0.05) is 18.6 Å². The summed E-state index contributed by atoms with van der Waals surface area (Å²) in [4.78, 5) is 0. The summed E-state index contributed by atoms with van der Waals surface area (Å²) in [7, 11) is 0. The van der Waals surface area contributed by atoms with Gasteiger partial charge in [-0.1, -0.05) is 30.3 Å². The lowest BCUT2D eigenvalue weighted by molar-refractivity contribution is 0.0572. The van der Waals surface area contributed by atoms with E-state index in [0.717, 1.165) is 38.0 Å². The van der Waals surface area contributed by atoms with E-state index in [1.165, 1.54) is 0 Å². The van der Waals surface area contributed by atoms with Crippen molar-refractivity contribution in [2.75, 3.05) is 26.4 Å². The Hall–Kier alpha value is -1.41. The number of ether oxygens (including phenoxy) is 2. The van der Waals surface area contributed by atoms with Gasteiger partial charge in [-0.05, 0) is 24.8 Å². The van der Waals surface area contributed by atoms with Crippen LogP contribution in [0.3, 0.4) is 0 Å². The summed E-state index contributed by atoms with van der Waals surface area (Å²) in [5.41, 5.74) is 0.254. The highest BCUT2D eigenvalue weighted by atomic mass is 16.5. The maximum absolute atomic E-state index is 9.78. The molecule has 2 fully saturated rings. The highest BCUT2D eigenvalue weighted by Crippen LogP contribution is 2.29. The number of nitrogens with zero attached hydrogens (tertiary/aromatic N) is 1. The Balaban J connectivity index is 1.67. The van der Waals surface area contributed by atoms with E-state index in [4.69, 9.17) is 9.47 Å². The Morgan fingerprint density at radius 3 is 2.71 bits per heavy atom. The number of nitriles is 1. The van der Waals surface area contributed by atoms with Gasteiger partial charge in [0.1, 0.15) is 0 Å². The van der Waals surface area contributed by atoms with Crippen molar-refractivity contribution < 1.29 is 9.47 Å². The van der Waals surface area contributed by atoms with E-state index in [1.54, 1.807) is 0 Å². The number of nitrogens with one attached hydrogen (secondary N) is 1. The Morgan fingerprint density at radius 1 is 1.29 bits per heavy atom. The molecule has 2 unspecified atom stereocenters. The molecular weight excluding hydrogens is 264 g/mol. The second-order valence-corrected chi connectivity index (χ2v) is 6.05. The Bertz CT molecular complexity index is 489. The third kappa shape index (κ3) is 3.62. The van der Waals surface area contributed by atoms with E-state index in [9.17, 15) is 5.26 Å². The van der Waals surface area contributed by atoms with Crippen molar-refractivity contribution >= 4 is 0 Å². The topological polar surface area (TPSA) is 54.3 Å². The summed E-state index contributed by atoms with van der Waals surface area (Å²) in [6.07, 6.45) is 3.35. The molecule has 1 aromatic rings. The van der Waals surface area contributed by atoms with Crippen LogP contribution >= 0.6 is 0 Å². The Labute approximate surface area is 126 Å². The van der Waals surface area contributed by atoms with Gasteiger partial charge in [0.25, 0.3) is 0 Å². The van der Waals surface area contributed by atoms with Gasteiger partial charge < -0.3 is 9.47 Å². The normalized spacial score (nSPS) is 24.4. The summed E-state index contributed by atoms with van der Waals surface area (Å²) in [5.74, 6) is 0.470. The summed E-state index contributed by atoms with van der Waals surface area (Å²) in [5, 5.41) is 13.3. The van der Waals surface area contributed by atoms with Gasteiger partial charge in [0.05, 0.1) is 25.9 Å². The predicted octanol–water partition coefficient (Wildman–Crippen LogP) is 2.21. The van der Waals surface area contributed by atoms with E-state index in [1.807, 2.05) is 30.3 Å². The van der Waals surface area contributed by atoms with Gasteiger partial charge in [-0.15, -0.1) is 0 Å². The first-order valence-electron chi connectivity index (χ1n) is 7.72. The van der Waals surface area contributed by atoms with Crippen molar-refractivity contribution in [1.29, 1.82) is 5.26 Å².